The van der Waals surface area contributed by atoms with Crippen molar-refractivity contribution in [1.29, 1.82) is 0 Å². The summed E-state index contributed by atoms with van der Waals surface area (Å²) < 4.78 is 10.3. The minimum Gasteiger partial charge on any atom is -0.497 e. The molecule has 0 radical (unpaired) electrons. The highest BCUT2D eigenvalue weighted by Crippen LogP contribution is 2.23. The lowest BCUT2D eigenvalue weighted by Gasteiger charge is -2.06. The van der Waals surface area contributed by atoms with Gasteiger partial charge in [0.2, 0.25) is 0 Å². The Bertz CT molecular complexity index is 314. The van der Waals surface area contributed by atoms with Crippen LogP contribution in [0.2, 0.25) is 0 Å². The fourth-order valence-electron chi connectivity index (χ4n) is 1.25. The SMILES string of the molecule is COc1cc(C=C(C)C)cc(OC)c1. The number of methoxy groups -OCH3 is 2. The van der Waals surface area contributed by atoms with Crippen molar-refractivity contribution in [2.45, 2.75) is 13.8 Å². The summed E-state index contributed by atoms with van der Waals surface area (Å²) in [5.74, 6) is 1.63. The Kier molecular flexibility index (Phi) is 3.57. The van der Waals surface area contributed by atoms with Crippen molar-refractivity contribution in [3.8, 4) is 11.5 Å². The van der Waals surface area contributed by atoms with E-state index in [1.54, 1.807) is 14.2 Å². The Hall–Kier alpha value is -1.44. The normalized spacial score (nSPS) is 9.43. The first-order valence-electron chi connectivity index (χ1n) is 4.53. The summed E-state index contributed by atoms with van der Waals surface area (Å²) in [6.07, 6.45) is 2.09. The van der Waals surface area contributed by atoms with Crippen molar-refractivity contribution in [1.82, 2.24) is 0 Å². The molecule has 0 N–H and O–H groups in total. The highest BCUT2D eigenvalue weighted by molar-refractivity contribution is 5.57. The van der Waals surface area contributed by atoms with Gasteiger partial charge in [-0.1, -0.05) is 11.6 Å². The summed E-state index contributed by atoms with van der Waals surface area (Å²) in [5.41, 5.74) is 2.35. The summed E-state index contributed by atoms with van der Waals surface area (Å²) in [7, 11) is 3.31. The summed E-state index contributed by atoms with van der Waals surface area (Å²) in [5, 5.41) is 0. The smallest absolute Gasteiger partial charge is 0.123 e. The number of benzene rings is 1. The monoisotopic (exact) mass is 192 g/mol. The fourth-order valence-corrected chi connectivity index (χ4v) is 1.25. The number of hydrogen-bond donors (Lipinski definition) is 0. The predicted octanol–water partition coefficient (Wildman–Crippen LogP) is 3.13. The van der Waals surface area contributed by atoms with E-state index in [1.165, 1.54) is 5.57 Å². The molecule has 14 heavy (non-hydrogen) atoms. The molecule has 2 heteroatoms. The number of rotatable bonds is 3. The Morgan fingerprint density at radius 3 is 1.86 bits per heavy atom. The zero-order valence-corrected chi connectivity index (χ0v) is 9.13. The number of ether oxygens (including phenoxy) is 2. The largest absolute Gasteiger partial charge is 0.497 e. The predicted molar refractivity (Wildman–Crippen MR) is 58.9 cm³/mol. The summed E-state index contributed by atoms with van der Waals surface area (Å²) in [6.45, 7) is 4.12. The van der Waals surface area contributed by atoms with Gasteiger partial charge in [-0.05, 0) is 31.5 Å². The Morgan fingerprint density at radius 2 is 1.50 bits per heavy atom. The molecule has 0 saturated heterocycles. The van der Waals surface area contributed by atoms with E-state index in [2.05, 4.69) is 19.9 Å². The molecule has 1 aromatic carbocycles. The van der Waals surface area contributed by atoms with Gasteiger partial charge in [0.15, 0.2) is 0 Å². The van der Waals surface area contributed by atoms with E-state index in [9.17, 15) is 0 Å². The van der Waals surface area contributed by atoms with Crippen LogP contribution in [0.25, 0.3) is 6.08 Å². The third-order valence-electron chi connectivity index (χ3n) is 1.83. The van der Waals surface area contributed by atoms with Crippen LogP contribution >= 0.6 is 0 Å². The van der Waals surface area contributed by atoms with E-state index < -0.39 is 0 Å². The lowest BCUT2D eigenvalue weighted by atomic mass is 10.1. The molecule has 0 amide bonds. The maximum atomic E-state index is 5.17. The third-order valence-corrected chi connectivity index (χ3v) is 1.83. The van der Waals surface area contributed by atoms with E-state index in [1.807, 2.05) is 18.2 Å². The number of hydrogen-bond acceptors (Lipinski definition) is 2. The lowest BCUT2D eigenvalue weighted by Crippen LogP contribution is -1.88. The van der Waals surface area contributed by atoms with Gasteiger partial charge in [-0.3, -0.25) is 0 Å². The third kappa shape index (κ3) is 2.80. The molecule has 0 aliphatic heterocycles. The number of allylic oxidation sites excluding steroid dienone is 1. The Morgan fingerprint density at radius 1 is 1.00 bits per heavy atom. The molecular weight excluding hydrogens is 176 g/mol. The van der Waals surface area contributed by atoms with Crippen LogP contribution in [0.3, 0.4) is 0 Å². The highest BCUT2D eigenvalue weighted by atomic mass is 16.5. The molecule has 76 valence electrons. The minimum atomic E-state index is 0.817. The molecule has 0 saturated carbocycles. The zero-order valence-electron chi connectivity index (χ0n) is 9.13. The van der Waals surface area contributed by atoms with Crippen molar-refractivity contribution in [2.75, 3.05) is 14.2 Å². The van der Waals surface area contributed by atoms with Gasteiger partial charge >= 0.3 is 0 Å². The molecule has 0 aliphatic rings. The van der Waals surface area contributed by atoms with Crippen LogP contribution in [0.5, 0.6) is 11.5 Å². The van der Waals surface area contributed by atoms with Gasteiger partial charge in [0.1, 0.15) is 11.5 Å². The zero-order chi connectivity index (χ0) is 10.6. The van der Waals surface area contributed by atoms with Crippen molar-refractivity contribution < 1.29 is 9.47 Å². The van der Waals surface area contributed by atoms with E-state index in [4.69, 9.17) is 9.47 Å². The molecule has 0 spiro atoms. The molecule has 0 aromatic heterocycles. The van der Waals surface area contributed by atoms with Gasteiger partial charge in [-0.25, -0.2) is 0 Å². The Labute approximate surface area is 85.2 Å². The van der Waals surface area contributed by atoms with E-state index in [-0.39, 0.29) is 0 Å². The summed E-state index contributed by atoms with van der Waals surface area (Å²) in [6, 6.07) is 5.83. The van der Waals surface area contributed by atoms with Crippen molar-refractivity contribution in [3.05, 3.63) is 29.3 Å². The molecule has 2 nitrogen and oxygen atoms in total. The van der Waals surface area contributed by atoms with Crippen molar-refractivity contribution in [2.24, 2.45) is 0 Å². The van der Waals surface area contributed by atoms with Crippen LogP contribution in [0.1, 0.15) is 19.4 Å². The second-order valence-electron chi connectivity index (χ2n) is 3.37. The minimum absolute atomic E-state index is 0.817. The average Bonchev–Trinajstić information content (AvgIpc) is 2.16. The molecular formula is C12H16O2. The average molecular weight is 192 g/mol. The van der Waals surface area contributed by atoms with Crippen LogP contribution in [0, 0.1) is 0 Å². The second kappa shape index (κ2) is 4.70. The first kappa shape index (κ1) is 10.6. The molecule has 0 atom stereocenters. The standard InChI is InChI=1S/C12H16O2/c1-9(2)5-10-6-11(13-3)8-12(7-10)14-4/h5-8H,1-4H3. The molecule has 1 rings (SSSR count). The van der Waals surface area contributed by atoms with Gasteiger partial charge in [0, 0.05) is 6.07 Å². The van der Waals surface area contributed by atoms with E-state index >= 15 is 0 Å². The van der Waals surface area contributed by atoms with Gasteiger partial charge in [-0.15, -0.1) is 0 Å². The molecule has 0 bridgehead atoms. The van der Waals surface area contributed by atoms with Crippen LogP contribution in [0.15, 0.2) is 23.8 Å². The van der Waals surface area contributed by atoms with Crippen LogP contribution in [-0.2, 0) is 0 Å². The highest BCUT2D eigenvalue weighted by Gasteiger charge is 1.99. The van der Waals surface area contributed by atoms with Crippen molar-refractivity contribution >= 4 is 6.08 Å². The van der Waals surface area contributed by atoms with Gasteiger partial charge in [-0.2, -0.15) is 0 Å². The second-order valence-corrected chi connectivity index (χ2v) is 3.37. The summed E-state index contributed by atoms with van der Waals surface area (Å²) >= 11 is 0. The van der Waals surface area contributed by atoms with Crippen LogP contribution < -0.4 is 9.47 Å². The van der Waals surface area contributed by atoms with E-state index in [0.29, 0.717) is 0 Å². The van der Waals surface area contributed by atoms with Gasteiger partial charge in [0.05, 0.1) is 14.2 Å². The topological polar surface area (TPSA) is 18.5 Å². The quantitative estimate of drug-likeness (QED) is 0.732. The summed E-state index contributed by atoms with van der Waals surface area (Å²) in [4.78, 5) is 0. The molecule has 0 fully saturated rings. The first-order chi connectivity index (χ1) is 6.65. The maximum absolute atomic E-state index is 5.17. The van der Waals surface area contributed by atoms with Crippen LogP contribution in [-0.4, -0.2) is 14.2 Å². The maximum Gasteiger partial charge on any atom is 0.123 e. The van der Waals surface area contributed by atoms with Gasteiger partial charge in [0.25, 0.3) is 0 Å². The lowest BCUT2D eigenvalue weighted by molar-refractivity contribution is 0.394. The molecule has 0 heterocycles. The van der Waals surface area contributed by atoms with Crippen molar-refractivity contribution in [3.63, 3.8) is 0 Å². The van der Waals surface area contributed by atoms with E-state index in [0.717, 1.165) is 17.1 Å². The Balaban J connectivity index is 3.10. The fraction of sp³-hybridized carbons (Fsp3) is 0.333. The first-order valence-corrected chi connectivity index (χ1v) is 4.53. The molecule has 0 aliphatic carbocycles. The molecule has 0 unspecified atom stereocenters. The molecule has 1 aromatic rings. The van der Waals surface area contributed by atoms with Crippen LogP contribution in [0.4, 0.5) is 0 Å². The van der Waals surface area contributed by atoms with Gasteiger partial charge < -0.3 is 9.47 Å².